The zero-order valence-corrected chi connectivity index (χ0v) is 32.5. The van der Waals surface area contributed by atoms with E-state index in [1.165, 1.54) is 24.3 Å². The number of benzene rings is 7. The minimum absolute atomic E-state index is 0.0540. The van der Waals surface area contributed by atoms with Crippen LogP contribution in [-0.2, 0) is 18.5 Å². The van der Waals surface area contributed by atoms with Gasteiger partial charge in [-0.15, -0.1) is 0 Å². The molecule has 0 saturated carbocycles. The molecule has 8 aromatic rings. The molecular weight excluding hydrogens is 800 g/mol. The third kappa shape index (κ3) is 6.44. The molecule has 1 heterocycles. The molecule has 61 heavy (non-hydrogen) atoms. The molecule has 1 unspecified atom stereocenters. The van der Waals surface area contributed by atoms with Crippen LogP contribution in [0.4, 0.5) is 45.2 Å². The molecule has 0 aliphatic heterocycles. The first-order valence-electron chi connectivity index (χ1n) is 19.1. The second-order valence-corrected chi connectivity index (χ2v) is 15.5. The molecule has 11 heteroatoms. The first kappa shape index (κ1) is 39.6. The monoisotopic (exact) mass is 830 g/mol. The fraction of sp³-hybridized carbons (Fsp3) is 0.140. The molecule has 0 N–H and O–H groups in total. The third-order valence-electron chi connectivity index (χ3n) is 11.6. The zero-order valence-electron chi connectivity index (χ0n) is 32.5. The average Bonchev–Trinajstić information content (AvgIpc) is 3.70. The van der Waals surface area contributed by atoms with Crippen molar-refractivity contribution < 1.29 is 39.5 Å². The Hall–Kier alpha value is -6.80. The number of rotatable bonds is 4. The molecule has 1 aliphatic rings. The molecule has 1 atom stereocenters. The highest BCUT2D eigenvalue weighted by molar-refractivity contribution is 6.11. The van der Waals surface area contributed by atoms with Crippen molar-refractivity contribution in [3.05, 3.63) is 189 Å². The molecule has 304 valence electrons. The number of nitrogens with zero attached hydrogens (tertiary/aromatic N) is 2. The lowest BCUT2D eigenvalue weighted by Crippen LogP contribution is -2.10. The molecule has 2 nitrogen and oxygen atoms in total. The van der Waals surface area contributed by atoms with Crippen LogP contribution in [0.15, 0.2) is 127 Å². The van der Waals surface area contributed by atoms with Gasteiger partial charge in [-0.1, -0.05) is 83.9 Å². The van der Waals surface area contributed by atoms with E-state index in [1.54, 1.807) is 79.1 Å². The average molecular weight is 831 g/mol. The molecule has 1 aromatic heterocycles. The lowest BCUT2D eigenvalue weighted by molar-refractivity contribution is -0.138. The van der Waals surface area contributed by atoms with Gasteiger partial charge >= 0.3 is 18.5 Å². The van der Waals surface area contributed by atoms with Gasteiger partial charge in [0.1, 0.15) is 0 Å². The first-order valence-corrected chi connectivity index (χ1v) is 19.1. The lowest BCUT2D eigenvalue weighted by atomic mass is 9.80. The first-order chi connectivity index (χ1) is 28.9. The summed E-state index contributed by atoms with van der Waals surface area (Å²) in [6.07, 6.45) is -14.1. The van der Waals surface area contributed by atoms with Gasteiger partial charge in [0.05, 0.1) is 40.0 Å². The summed E-state index contributed by atoms with van der Waals surface area (Å²) in [5, 5.41) is 0.724. The maximum Gasteiger partial charge on any atom is 0.417 e. The molecule has 7 aromatic carbocycles. The van der Waals surface area contributed by atoms with Gasteiger partial charge in [0.2, 0.25) is 0 Å². The number of alkyl halides is 9. The highest BCUT2D eigenvalue weighted by Gasteiger charge is 2.39. The number of aryl methyl sites for hydroxylation is 3. The van der Waals surface area contributed by atoms with Crippen molar-refractivity contribution in [3.63, 3.8) is 0 Å². The van der Waals surface area contributed by atoms with Crippen molar-refractivity contribution in [2.75, 3.05) is 0 Å². The molecule has 0 amide bonds. The second kappa shape index (κ2) is 13.9. The molecule has 9 rings (SSSR count). The number of fused-ring (bicyclic) bond motifs is 6. The highest BCUT2D eigenvalue weighted by atomic mass is 19.4. The Labute approximate surface area is 344 Å². The summed E-state index contributed by atoms with van der Waals surface area (Å²) in [7, 11) is 0. The maximum atomic E-state index is 15.1. The van der Waals surface area contributed by atoms with Crippen LogP contribution in [0.1, 0.15) is 56.0 Å². The second-order valence-electron chi connectivity index (χ2n) is 15.5. The molecule has 0 spiro atoms. The Morgan fingerprint density at radius 2 is 1.07 bits per heavy atom. The number of halogens is 9. The third-order valence-corrected chi connectivity index (χ3v) is 11.6. The van der Waals surface area contributed by atoms with Crippen LogP contribution in [-0.4, -0.2) is 4.57 Å². The van der Waals surface area contributed by atoms with Crippen LogP contribution in [0, 0.1) is 27.3 Å². The topological polar surface area (TPSA) is 9.29 Å². The number of hydrogen-bond acceptors (Lipinski definition) is 0. The van der Waals surface area contributed by atoms with Crippen molar-refractivity contribution in [1.29, 1.82) is 0 Å². The van der Waals surface area contributed by atoms with E-state index in [0.29, 0.717) is 44.2 Å². The quantitative estimate of drug-likeness (QED) is 0.123. The Morgan fingerprint density at radius 1 is 0.492 bits per heavy atom. The van der Waals surface area contributed by atoms with Gasteiger partial charge < -0.3 is 4.57 Å². The van der Waals surface area contributed by atoms with Crippen molar-refractivity contribution in [1.82, 2.24) is 4.57 Å². The standard InChI is InChI=1S/C50H31F9N2/c1-26-14-18-31-35(22-26)36-24-29(48(51,52)53)16-19-32(36)45(31)34-9-6-12-40(60-4)46(34)47-33(44-28(3)8-5-11-39(44)50(57,58)59)10-7-13-43(47)61-41-20-15-27(2)23-37(41)38-25-30(49(54,55)56)17-21-42(38)61/h5-25,45H,1-3H3. The highest BCUT2D eigenvalue weighted by Crippen LogP contribution is 2.56. The molecule has 0 radical (unpaired) electrons. The summed E-state index contributed by atoms with van der Waals surface area (Å²) in [4.78, 5) is 3.92. The number of aromatic nitrogens is 1. The van der Waals surface area contributed by atoms with Crippen LogP contribution in [0.3, 0.4) is 0 Å². The van der Waals surface area contributed by atoms with E-state index in [2.05, 4.69) is 4.85 Å². The Morgan fingerprint density at radius 3 is 1.75 bits per heavy atom. The van der Waals surface area contributed by atoms with Crippen molar-refractivity contribution in [2.24, 2.45) is 0 Å². The summed E-state index contributed by atoms with van der Waals surface area (Å²) >= 11 is 0. The normalized spacial score (nSPS) is 14.0. The molecule has 1 aliphatic carbocycles. The molecular formula is C50H31F9N2. The van der Waals surface area contributed by atoms with Crippen LogP contribution >= 0.6 is 0 Å². The van der Waals surface area contributed by atoms with Gasteiger partial charge in [-0.3, -0.25) is 0 Å². The molecule has 0 fully saturated rings. The predicted octanol–water partition coefficient (Wildman–Crippen LogP) is 15.8. The maximum absolute atomic E-state index is 15.1. The van der Waals surface area contributed by atoms with Crippen LogP contribution in [0.25, 0.3) is 65.7 Å². The number of hydrogen-bond donors (Lipinski definition) is 0. The molecule has 0 bridgehead atoms. The summed E-state index contributed by atoms with van der Waals surface area (Å²) in [6, 6.07) is 31.1. The SMILES string of the molecule is [C-]#[N+]c1cccc(C2c3ccc(C)cc3-c3cc(C(F)(F)F)ccc32)c1-c1c(-c2c(C)cccc2C(F)(F)F)cccc1-n1c2ccc(C)cc2c2cc(C(F)(F)F)ccc21. The summed E-state index contributed by atoms with van der Waals surface area (Å²) in [5.74, 6) is -0.778. The Balaban J connectivity index is 1.46. The Kier molecular flexibility index (Phi) is 9.02. The summed E-state index contributed by atoms with van der Waals surface area (Å²) in [5.41, 5.74) is 3.14. The fourth-order valence-electron chi connectivity index (χ4n) is 9.07. The van der Waals surface area contributed by atoms with E-state index >= 15 is 13.2 Å². The van der Waals surface area contributed by atoms with E-state index in [-0.39, 0.29) is 44.6 Å². The van der Waals surface area contributed by atoms with E-state index < -0.39 is 41.1 Å². The lowest BCUT2D eigenvalue weighted by Gasteiger charge is -2.26. The van der Waals surface area contributed by atoms with Gasteiger partial charge in [-0.2, -0.15) is 39.5 Å². The fourth-order valence-corrected chi connectivity index (χ4v) is 9.07. The van der Waals surface area contributed by atoms with Gasteiger partial charge in [0.25, 0.3) is 0 Å². The van der Waals surface area contributed by atoms with Crippen LogP contribution in [0.2, 0.25) is 0 Å². The Bertz CT molecular complexity index is 3160. The largest absolute Gasteiger partial charge is 0.417 e. The van der Waals surface area contributed by atoms with E-state index in [4.69, 9.17) is 6.57 Å². The van der Waals surface area contributed by atoms with Crippen LogP contribution < -0.4 is 0 Å². The van der Waals surface area contributed by atoms with E-state index in [1.807, 2.05) is 19.1 Å². The predicted molar refractivity (Wildman–Crippen MR) is 220 cm³/mol. The summed E-state index contributed by atoms with van der Waals surface area (Å²) in [6.45, 7) is 13.7. The van der Waals surface area contributed by atoms with Crippen LogP contribution in [0.5, 0.6) is 0 Å². The van der Waals surface area contributed by atoms with Gasteiger partial charge in [-0.05, 0) is 125 Å². The van der Waals surface area contributed by atoms with Gasteiger partial charge in [-0.25, -0.2) is 4.85 Å². The zero-order chi connectivity index (χ0) is 43.3. The minimum Gasteiger partial charge on any atom is -0.309 e. The van der Waals surface area contributed by atoms with E-state index in [9.17, 15) is 26.3 Å². The smallest absolute Gasteiger partial charge is 0.309 e. The van der Waals surface area contributed by atoms with Gasteiger partial charge in [0.15, 0.2) is 5.69 Å². The van der Waals surface area contributed by atoms with Crippen molar-refractivity contribution >= 4 is 27.5 Å². The van der Waals surface area contributed by atoms with E-state index in [0.717, 1.165) is 41.5 Å². The summed E-state index contributed by atoms with van der Waals surface area (Å²) < 4.78 is 132. The van der Waals surface area contributed by atoms with Crippen molar-refractivity contribution in [3.8, 4) is 39.1 Å². The van der Waals surface area contributed by atoms with Gasteiger partial charge in [0, 0.05) is 22.3 Å². The minimum atomic E-state index is -4.83. The molecule has 0 saturated heterocycles. The van der Waals surface area contributed by atoms with Crippen molar-refractivity contribution in [2.45, 2.75) is 45.2 Å².